The molecule has 28 heavy (non-hydrogen) atoms. The number of hydrogen-bond donors (Lipinski definition) is 1. The number of benzene rings is 2. The average molecular weight is 416 g/mol. The summed E-state index contributed by atoms with van der Waals surface area (Å²) in [7, 11) is 0. The van der Waals surface area contributed by atoms with Crippen molar-refractivity contribution in [3.8, 4) is 11.3 Å². The van der Waals surface area contributed by atoms with Gasteiger partial charge in [0.1, 0.15) is 0 Å². The molecule has 0 unspecified atom stereocenters. The van der Waals surface area contributed by atoms with Crippen molar-refractivity contribution in [3.05, 3.63) is 70.2 Å². The molecule has 7 heteroatoms. The van der Waals surface area contributed by atoms with Gasteiger partial charge in [0.15, 0.2) is 5.76 Å². The van der Waals surface area contributed by atoms with Crippen LogP contribution in [0.3, 0.4) is 0 Å². The molecule has 2 heterocycles. The van der Waals surface area contributed by atoms with E-state index in [1.165, 1.54) is 0 Å². The fraction of sp³-hybridized carbons (Fsp3) is 0.238. The molecule has 4 rings (SSSR count). The van der Waals surface area contributed by atoms with E-state index in [9.17, 15) is 4.79 Å². The highest BCUT2D eigenvalue weighted by molar-refractivity contribution is 6.31. The predicted molar refractivity (Wildman–Crippen MR) is 111 cm³/mol. The summed E-state index contributed by atoms with van der Waals surface area (Å²) in [5.41, 5.74) is 2.14. The second-order valence-corrected chi connectivity index (χ2v) is 7.54. The third-order valence-electron chi connectivity index (χ3n) is 4.70. The Hall–Kier alpha value is -2.50. The molecule has 0 bridgehead atoms. The predicted octanol–water partition coefficient (Wildman–Crippen LogP) is 5.50. The van der Waals surface area contributed by atoms with Crippen molar-refractivity contribution in [2.75, 3.05) is 18.4 Å². The summed E-state index contributed by atoms with van der Waals surface area (Å²) in [6, 6.07) is 12.7. The maximum absolute atomic E-state index is 12.8. The number of anilines is 1. The van der Waals surface area contributed by atoms with Gasteiger partial charge in [-0.05, 0) is 43.2 Å². The number of carbonyl (C=O) groups excluding carboxylic acids is 1. The molecule has 1 fully saturated rings. The minimum atomic E-state index is -0.00507. The number of rotatable bonds is 5. The van der Waals surface area contributed by atoms with Crippen LogP contribution in [0.25, 0.3) is 11.3 Å². The summed E-state index contributed by atoms with van der Waals surface area (Å²) in [4.78, 5) is 19.0. The fourth-order valence-electron chi connectivity index (χ4n) is 3.28. The molecule has 3 aromatic rings. The van der Waals surface area contributed by atoms with Gasteiger partial charge < -0.3 is 14.6 Å². The Morgan fingerprint density at radius 2 is 1.89 bits per heavy atom. The molecule has 0 atom stereocenters. The van der Waals surface area contributed by atoms with Crippen LogP contribution in [0, 0.1) is 0 Å². The molecule has 2 aromatic carbocycles. The Bertz CT molecular complexity index is 997. The van der Waals surface area contributed by atoms with Gasteiger partial charge in [0.05, 0.1) is 18.3 Å². The van der Waals surface area contributed by atoms with E-state index in [1.54, 1.807) is 18.3 Å². The second-order valence-electron chi connectivity index (χ2n) is 6.67. The molecule has 1 aliphatic rings. The van der Waals surface area contributed by atoms with E-state index in [1.807, 2.05) is 35.2 Å². The van der Waals surface area contributed by atoms with Crippen LogP contribution in [-0.4, -0.2) is 28.9 Å². The minimum absolute atomic E-state index is 0.00507. The molecular weight excluding hydrogens is 397 g/mol. The van der Waals surface area contributed by atoms with Crippen LogP contribution < -0.4 is 5.32 Å². The number of amides is 1. The summed E-state index contributed by atoms with van der Waals surface area (Å²) in [5, 5.41) is 4.42. The van der Waals surface area contributed by atoms with Crippen molar-refractivity contribution >= 4 is 34.8 Å². The number of hydrogen-bond acceptors (Lipinski definition) is 4. The van der Waals surface area contributed by atoms with Gasteiger partial charge >= 0.3 is 0 Å². The molecule has 1 N–H and O–H groups in total. The van der Waals surface area contributed by atoms with Gasteiger partial charge in [0.2, 0.25) is 5.89 Å². The number of halogens is 2. The average Bonchev–Trinajstić information content (AvgIpc) is 3.38. The maximum Gasteiger partial charge on any atom is 0.256 e. The van der Waals surface area contributed by atoms with Crippen molar-refractivity contribution in [1.29, 1.82) is 0 Å². The highest BCUT2D eigenvalue weighted by Crippen LogP contribution is 2.26. The van der Waals surface area contributed by atoms with Gasteiger partial charge in [-0.3, -0.25) is 4.79 Å². The van der Waals surface area contributed by atoms with Crippen LogP contribution in [0.15, 0.2) is 53.1 Å². The molecule has 0 aliphatic carbocycles. The lowest BCUT2D eigenvalue weighted by Gasteiger charge is -2.18. The zero-order chi connectivity index (χ0) is 19.5. The molecule has 1 amide bonds. The smallest absolute Gasteiger partial charge is 0.256 e. The van der Waals surface area contributed by atoms with E-state index in [-0.39, 0.29) is 5.91 Å². The van der Waals surface area contributed by atoms with E-state index in [4.69, 9.17) is 27.6 Å². The Kier molecular flexibility index (Phi) is 5.55. The number of likely N-dealkylation sites (tertiary alicyclic amines) is 1. The van der Waals surface area contributed by atoms with Gasteiger partial charge in [-0.1, -0.05) is 35.3 Å². The van der Waals surface area contributed by atoms with Crippen LogP contribution in [0.4, 0.5) is 5.69 Å². The summed E-state index contributed by atoms with van der Waals surface area (Å²) in [6.45, 7) is 1.92. The SMILES string of the molecule is O=C(c1cc(Cl)ccc1NCc1ncc(-c2cccc(Cl)c2)o1)N1CCCC1. The van der Waals surface area contributed by atoms with Crippen molar-refractivity contribution in [1.82, 2.24) is 9.88 Å². The van der Waals surface area contributed by atoms with Gasteiger partial charge in [0, 0.05) is 34.4 Å². The first-order chi connectivity index (χ1) is 13.6. The quantitative estimate of drug-likeness (QED) is 0.597. The Morgan fingerprint density at radius 3 is 2.68 bits per heavy atom. The monoisotopic (exact) mass is 415 g/mol. The van der Waals surface area contributed by atoms with Gasteiger partial charge in [-0.15, -0.1) is 0 Å². The van der Waals surface area contributed by atoms with Crippen molar-refractivity contribution in [3.63, 3.8) is 0 Å². The minimum Gasteiger partial charge on any atom is -0.439 e. The molecular formula is C21H19Cl2N3O2. The Balaban J connectivity index is 1.50. The van der Waals surface area contributed by atoms with Crippen LogP contribution in [0.2, 0.25) is 10.0 Å². The normalized spacial score (nSPS) is 13.7. The number of aromatic nitrogens is 1. The van der Waals surface area contributed by atoms with E-state index in [2.05, 4.69) is 10.3 Å². The first-order valence-corrected chi connectivity index (χ1v) is 9.89. The first kappa shape index (κ1) is 18.8. The number of carbonyl (C=O) groups is 1. The molecule has 1 aliphatic heterocycles. The maximum atomic E-state index is 12.8. The van der Waals surface area contributed by atoms with Crippen LogP contribution >= 0.6 is 23.2 Å². The molecule has 0 spiro atoms. The van der Waals surface area contributed by atoms with Gasteiger partial charge in [-0.2, -0.15) is 0 Å². The third kappa shape index (κ3) is 4.16. The lowest BCUT2D eigenvalue weighted by Crippen LogP contribution is -2.28. The number of oxazole rings is 1. The summed E-state index contributed by atoms with van der Waals surface area (Å²) < 4.78 is 5.82. The molecule has 0 saturated carbocycles. The lowest BCUT2D eigenvalue weighted by molar-refractivity contribution is 0.0793. The first-order valence-electron chi connectivity index (χ1n) is 9.13. The Labute approximate surface area is 173 Å². The fourth-order valence-corrected chi connectivity index (χ4v) is 3.64. The highest BCUT2D eigenvalue weighted by Gasteiger charge is 2.22. The molecule has 1 aromatic heterocycles. The summed E-state index contributed by atoms with van der Waals surface area (Å²) >= 11 is 12.2. The van der Waals surface area contributed by atoms with Gasteiger partial charge in [0.25, 0.3) is 5.91 Å². The van der Waals surface area contributed by atoms with Crippen molar-refractivity contribution < 1.29 is 9.21 Å². The second kappa shape index (κ2) is 8.25. The van der Waals surface area contributed by atoms with Crippen LogP contribution in [0.1, 0.15) is 29.1 Å². The third-order valence-corrected chi connectivity index (χ3v) is 5.17. The standard InChI is InChI=1S/C21H19Cl2N3O2/c22-15-5-3-4-14(10-15)19-12-25-20(28-19)13-24-18-7-6-16(23)11-17(18)21(27)26-8-1-2-9-26/h3-7,10-12,24H,1-2,8-9,13H2. The van der Waals surface area contributed by atoms with Crippen LogP contribution in [-0.2, 0) is 6.54 Å². The molecule has 5 nitrogen and oxygen atoms in total. The lowest BCUT2D eigenvalue weighted by atomic mass is 10.1. The molecule has 0 radical (unpaired) electrons. The van der Waals surface area contributed by atoms with Crippen LogP contribution in [0.5, 0.6) is 0 Å². The Morgan fingerprint density at radius 1 is 1.11 bits per heavy atom. The zero-order valence-electron chi connectivity index (χ0n) is 15.1. The highest BCUT2D eigenvalue weighted by atomic mass is 35.5. The topological polar surface area (TPSA) is 58.4 Å². The van der Waals surface area contributed by atoms with Crippen molar-refractivity contribution in [2.45, 2.75) is 19.4 Å². The van der Waals surface area contributed by atoms with E-state index < -0.39 is 0 Å². The molecule has 144 valence electrons. The number of nitrogens with one attached hydrogen (secondary N) is 1. The van der Waals surface area contributed by atoms with E-state index in [0.717, 1.165) is 31.5 Å². The zero-order valence-corrected chi connectivity index (χ0v) is 16.6. The van der Waals surface area contributed by atoms with Gasteiger partial charge in [-0.25, -0.2) is 4.98 Å². The van der Waals surface area contributed by atoms with Crippen molar-refractivity contribution in [2.24, 2.45) is 0 Å². The summed E-state index contributed by atoms with van der Waals surface area (Å²) in [6.07, 6.45) is 3.75. The number of nitrogens with zero attached hydrogens (tertiary/aromatic N) is 2. The molecule has 1 saturated heterocycles. The summed E-state index contributed by atoms with van der Waals surface area (Å²) in [5.74, 6) is 1.16. The van der Waals surface area contributed by atoms with E-state index >= 15 is 0 Å². The van der Waals surface area contributed by atoms with E-state index in [0.29, 0.717) is 39.5 Å². The largest absolute Gasteiger partial charge is 0.439 e.